The summed E-state index contributed by atoms with van der Waals surface area (Å²) in [4.78, 5) is 1.01. The number of alkyl halides is 12. The van der Waals surface area contributed by atoms with Crippen LogP contribution >= 0.6 is 0 Å². The molecular formula is C24H36F12N2O4Zr. The quantitative estimate of drug-likeness (QED) is 0.403. The van der Waals surface area contributed by atoms with Gasteiger partial charge in [-0.2, -0.15) is 52.7 Å². The van der Waals surface area contributed by atoms with Crippen molar-refractivity contribution in [2.45, 2.75) is 126 Å². The van der Waals surface area contributed by atoms with Gasteiger partial charge in [0.2, 0.25) is 0 Å². The minimum atomic E-state index is -6.25. The second kappa shape index (κ2) is 15.1. The van der Waals surface area contributed by atoms with Crippen LogP contribution in [0, 0.1) is 0 Å². The Labute approximate surface area is 261 Å². The van der Waals surface area contributed by atoms with E-state index < -0.39 is 85.4 Å². The Hall–Kier alpha value is -0.197. The summed E-state index contributed by atoms with van der Waals surface area (Å²) in [5.74, 6) is 0. The van der Waals surface area contributed by atoms with Crippen LogP contribution in [0.2, 0.25) is 0 Å². The van der Waals surface area contributed by atoms with E-state index >= 15 is 0 Å². The fourth-order valence-corrected chi connectivity index (χ4v) is 4.22. The molecule has 2 rings (SSSR count). The van der Waals surface area contributed by atoms with Gasteiger partial charge in [-0.25, -0.2) is 0 Å². The maximum atomic E-state index is 13.0. The van der Waals surface area contributed by atoms with Gasteiger partial charge in [-0.3, -0.25) is 9.80 Å². The van der Waals surface area contributed by atoms with Gasteiger partial charge >= 0.3 is 50.9 Å². The van der Waals surface area contributed by atoms with Crippen LogP contribution in [-0.2, 0) is 26.2 Å². The van der Waals surface area contributed by atoms with Crippen LogP contribution in [-0.4, -0.2) is 95.2 Å². The Morgan fingerprint density at radius 2 is 0.674 bits per heavy atom. The normalized spacial score (nSPS) is 21.9. The van der Waals surface area contributed by atoms with E-state index in [4.69, 9.17) is 0 Å². The summed E-state index contributed by atoms with van der Waals surface area (Å²) in [5, 5.41) is 43.8. The summed E-state index contributed by atoms with van der Waals surface area (Å²) in [7, 11) is 0. The molecular weight excluding hydrogens is 699 g/mol. The van der Waals surface area contributed by atoms with Crippen molar-refractivity contribution in [3.63, 3.8) is 0 Å². The summed E-state index contributed by atoms with van der Waals surface area (Å²) in [5.41, 5.74) is -12.3. The van der Waals surface area contributed by atoms with Gasteiger partial charge in [0.05, 0.1) is 11.2 Å². The van der Waals surface area contributed by atoms with Crippen molar-refractivity contribution in [3.05, 3.63) is 0 Å². The second-order valence-corrected chi connectivity index (χ2v) is 12.2. The summed E-state index contributed by atoms with van der Waals surface area (Å²) >= 11 is 0. The molecule has 6 nitrogen and oxygen atoms in total. The number of likely N-dealkylation sites (tertiary alicyclic amines) is 2. The van der Waals surface area contributed by atoms with Crippen LogP contribution in [0.15, 0.2) is 0 Å². The molecule has 0 aromatic carbocycles. The molecule has 43 heavy (non-hydrogen) atoms. The Morgan fingerprint density at radius 1 is 0.488 bits per heavy atom. The van der Waals surface area contributed by atoms with Crippen molar-refractivity contribution >= 4 is 0 Å². The first kappa shape index (κ1) is 44.9. The zero-order valence-electron chi connectivity index (χ0n) is 24.4. The molecule has 0 radical (unpaired) electrons. The maximum absolute atomic E-state index is 13.0. The monoisotopic (exact) mass is 734 g/mol. The molecule has 0 spiro atoms. The van der Waals surface area contributed by atoms with Crippen molar-refractivity contribution in [1.82, 2.24) is 9.80 Å². The summed E-state index contributed by atoms with van der Waals surface area (Å²) in [6.07, 6.45) is -25.3. The van der Waals surface area contributed by atoms with E-state index in [9.17, 15) is 73.1 Å². The average Bonchev–Trinajstić information content (AvgIpc) is 3.30. The zero-order chi connectivity index (χ0) is 34.0. The Kier molecular flexibility index (Phi) is 15.8. The van der Waals surface area contributed by atoms with Crippen molar-refractivity contribution in [1.29, 1.82) is 0 Å². The van der Waals surface area contributed by atoms with Crippen LogP contribution in [0.5, 0.6) is 0 Å². The summed E-state index contributed by atoms with van der Waals surface area (Å²) in [6, 6.07) is -2.69. The number of rotatable bonds is 5. The van der Waals surface area contributed by atoms with Gasteiger partial charge in [-0.15, -0.1) is 11.2 Å². The van der Waals surface area contributed by atoms with Crippen molar-refractivity contribution < 1.29 is 99.3 Å². The number of hydrogen-bond donors (Lipinski definition) is 0. The van der Waals surface area contributed by atoms with Crippen LogP contribution in [0.1, 0.15) is 67.2 Å². The van der Waals surface area contributed by atoms with E-state index in [1.165, 1.54) is 0 Å². The summed E-state index contributed by atoms with van der Waals surface area (Å²) < 4.78 is 156. The first-order chi connectivity index (χ1) is 18.2. The van der Waals surface area contributed by atoms with Gasteiger partial charge < -0.3 is 20.4 Å². The molecule has 0 N–H and O–H groups in total. The van der Waals surface area contributed by atoms with E-state index in [-0.39, 0.29) is 51.9 Å². The maximum Gasteiger partial charge on any atom is 4.00 e. The molecule has 0 aromatic rings. The van der Waals surface area contributed by atoms with Gasteiger partial charge in [0.25, 0.3) is 0 Å². The molecule has 0 bridgehead atoms. The number of nitrogens with zero attached hydrogens (tertiary/aromatic N) is 2. The average molecular weight is 736 g/mol. The standard InChI is InChI=1S/C16H18F12N2O2.2C4H9O.Zr/c17-13(18,19)11(31,14(20,21)22)7-29-5-1-3-9(29)10-4-2-6-30(10)8-12(32,15(23,24)25)16(26,27)28;2*1-4(2,3)5;/h9-10H,1-8H2;2*1-3H3;/q-2;2*-1;+4/t9-,10-;;;/m0.../s1. The summed E-state index contributed by atoms with van der Waals surface area (Å²) in [6.45, 7) is 4.71. The molecule has 2 aliphatic heterocycles. The molecule has 2 saturated heterocycles. The molecule has 2 atom stereocenters. The van der Waals surface area contributed by atoms with E-state index in [1.807, 2.05) is 0 Å². The molecule has 0 unspecified atom stereocenters. The molecule has 0 aliphatic carbocycles. The largest absolute Gasteiger partial charge is 4.00 e. The molecule has 0 aromatic heterocycles. The van der Waals surface area contributed by atoms with Gasteiger partial charge in [0, 0.05) is 25.2 Å². The third kappa shape index (κ3) is 13.6. The molecule has 2 heterocycles. The molecule has 0 saturated carbocycles. The molecule has 19 heteroatoms. The van der Waals surface area contributed by atoms with Crippen molar-refractivity contribution in [2.24, 2.45) is 0 Å². The van der Waals surface area contributed by atoms with E-state index in [1.54, 1.807) is 41.5 Å². The smallest absolute Gasteiger partial charge is 0.850 e. The first-order valence-corrected chi connectivity index (χ1v) is 12.7. The zero-order valence-corrected chi connectivity index (χ0v) is 26.8. The van der Waals surface area contributed by atoms with E-state index in [2.05, 4.69) is 0 Å². The van der Waals surface area contributed by atoms with Crippen molar-refractivity contribution in [2.75, 3.05) is 26.2 Å². The van der Waals surface area contributed by atoms with Crippen molar-refractivity contribution in [3.8, 4) is 0 Å². The molecule has 2 aliphatic rings. The van der Waals surface area contributed by atoms with Crippen LogP contribution < -0.4 is 20.4 Å². The predicted molar refractivity (Wildman–Crippen MR) is 118 cm³/mol. The third-order valence-corrected chi connectivity index (χ3v) is 5.96. The first-order valence-electron chi connectivity index (χ1n) is 12.7. The third-order valence-electron chi connectivity index (χ3n) is 5.96. The van der Waals surface area contributed by atoms with Gasteiger partial charge in [-0.05, 0) is 38.8 Å². The van der Waals surface area contributed by atoms with Crippen LogP contribution in [0.3, 0.4) is 0 Å². The topological polar surface area (TPSA) is 98.7 Å². The number of hydrogen-bond acceptors (Lipinski definition) is 6. The van der Waals surface area contributed by atoms with Gasteiger partial charge in [-0.1, -0.05) is 41.5 Å². The molecule has 2 fully saturated rings. The fourth-order valence-electron chi connectivity index (χ4n) is 4.22. The van der Waals surface area contributed by atoms with E-state index in [0.29, 0.717) is 9.80 Å². The fraction of sp³-hybridized carbons (Fsp3) is 1.00. The Balaban J connectivity index is 0. The second-order valence-electron chi connectivity index (χ2n) is 12.2. The van der Waals surface area contributed by atoms with Crippen LogP contribution in [0.4, 0.5) is 52.7 Å². The van der Waals surface area contributed by atoms with Gasteiger partial charge in [0.1, 0.15) is 0 Å². The Morgan fingerprint density at radius 3 is 0.837 bits per heavy atom. The minimum absolute atomic E-state index is 0. The van der Waals surface area contributed by atoms with Gasteiger partial charge in [0.15, 0.2) is 0 Å². The molecule has 0 amide bonds. The minimum Gasteiger partial charge on any atom is -0.850 e. The predicted octanol–water partition coefficient (Wildman–Crippen LogP) is 2.65. The van der Waals surface area contributed by atoms with Crippen LogP contribution in [0.25, 0.3) is 0 Å². The molecule has 254 valence electrons. The Bertz CT molecular complexity index is 729. The number of halogens is 12. The van der Waals surface area contributed by atoms with E-state index in [0.717, 1.165) is 0 Å². The SMILES string of the molecule is CC(C)(C)[O-].CC(C)(C)[O-].[O-]C(CN1CCC[C@H]1[C@@H]1CCCN1CC([O-])(C(F)(F)F)C(F)(F)F)(C(F)(F)F)C(F)(F)F.[Zr+4].